The number of hydrogen-bond donors (Lipinski definition) is 2. The first kappa shape index (κ1) is 30.2. The molecule has 1 aromatic rings. The van der Waals surface area contributed by atoms with Gasteiger partial charge in [-0.15, -0.1) is 0 Å². The van der Waals surface area contributed by atoms with Crippen LogP contribution in [0.3, 0.4) is 0 Å². The molecule has 0 fully saturated rings. The van der Waals surface area contributed by atoms with Crippen molar-refractivity contribution in [3.05, 3.63) is 35.9 Å². The number of aliphatic hydroxyl groups excluding tert-OH is 2. The molecule has 0 saturated carbocycles. The first-order valence-electron chi connectivity index (χ1n) is 13.6. The number of hydrogen-bond acceptors (Lipinski definition) is 4. The average molecular weight is 476 g/mol. The van der Waals surface area contributed by atoms with Gasteiger partial charge < -0.3 is 19.8 Å². The topological polar surface area (TPSA) is 70.0 Å². The molecule has 0 atom stereocenters. The van der Waals surface area contributed by atoms with Crippen LogP contribution in [0.1, 0.15) is 102 Å². The standard InChI is InChI=1S/C29H49NO4/c1-2-3-4-5-6-7-8-9-10-11-12-13-14-15-26-34-28-19-16-27(17-20-28)18-21-29(33)30(22-24-31)23-25-32/h16-21,31-32H,2-15,22-26H2,1H3/b21-18+. The third-order valence-electron chi connectivity index (χ3n) is 6.12. The number of rotatable bonds is 22. The first-order chi connectivity index (χ1) is 16.7. The van der Waals surface area contributed by atoms with Gasteiger partial charge in [0.1, 0.15) is 5.75 Å². The minimum atomic E-state index is -0.221. The van der Waals surface area contributed by atoms with Crippen molar-refractivity contribution in [3.63, 3.8) is 0 Å². The second-order valence-corrected chi connectivity index (χ2v) is 9.12. The van der Waals surface area contributed by atoms with Crippen molar-refractivity contribution < 1.29 is 19.7 Å². The third-order valence-corrected chi connectivity index (χ3v) is 6.12. The largest absolute Gasteiger partial charge is 0.494 e. The van der Waals surface area contributed by atoms with E-state index in [4.69, 9.17) is 14.9 Å². The summed E-state index contributed by atoms with van der Waals surface area (Å²) < 4.78 is 5.84. The van der Waals surface area contributed by atoms with Gasteiger partial charge in [-0.25, -0.2) is 0 Å². The van der Waals surface area contributed by atoms with E-state index in [1.807, 2.05) is 24.3 Å². The van der Waals surface area contributed by atoms with Crippen LogP contribution in [0.5, 0.6) is 5.75 Å². The van der Waals surface area contributed by atoms with Gasteiger partial charge >= 0.3 is 0 Å². The minimum absolute atomic E-state index is 0.120. The van der Waals surface area contributed by atoms with Crippen LogP contribution in [0.25, 0.3) is 6.08 Å². The highest BCUT2D eigenvalue weighted by atomic mass is 16.5. The summed E-state index contributed by atoms with van der Waals surface area (Å²) in [5, 5.41) is 18.0. The summed E-state index contributed by atoms with van der Waals surface area (Å²) in [7, 11) is 0. The van der Waals surface area contributed by atoms with Gasteiger partial charge in [-0.1, -0.05) is 103 Å². The molecule has 5 nitrogen and oxygen atoms in total. The number of carbonyl (C=O) groups excluding carboxylic acids is 1. The molecule has 0 bridgehead atoms. The van der Waals surface area contributed by atoms with Crippen molar-refractivity contribution in [2.75, 3.05) is 32.9 Å². The molecule has 34 heavy (non-hydrogen) atoms. The highest BCUT2D eigenvalue weighted by molar-refractivity contribution is 5.91. The predicted octanol–water partition coefficient (Wildman–Crippen LogP) is 6.37. The number of amides is 1. The van der Waals surface area contributed by atoms with Gasteiger partial charge in [0.15, 0.2) is 0 Å². The maximum absolute atomic E-state index is 12.1. The normalized spacial score (nSPS) is 11.3. The van der Waals surface area contributed by atoms with Crippen LogP contribution in [-0.2, 0) is 4.79 Å². The minimum Gasteiger partial charge on any atom is -0.494 e. The summed E-state index contributed by atoms with van der Waals surface area (Å²) in [6, 6.07) is 7.69. The molecule has 5 heteroatoms. The molecule has 1 aromatic carbocycles. The molecule has 2 N–H and O–H groups in total. The van der Waals surface area contributed by atoms with E-state index in [0.29, 0.717) is 0 Å². The van der Waals surface area contributed by atoms with Crippen LogP contribution < -0.4 is 4.74 Å². The van der Waals surface area contributed by atoms with Crippen molar-refractivity contribution in [1.29, 1.82) is 0 Å². The Labute approximate surface area is 208 Å². The Morgan fingerprint density at radius 1 is 0.765 bits per heavy atom. The zero-order chi connectivity index (χ0) is 24.7. The fourth-order valence-corrected chi connectivity index (χ4v) is 4.01. The SMILES string of the molecule is CCCCCCCCCCCCCCCCOc1ccc(/C=C/C(=O)N(CCO)CCO)cc1. The number of carbonyl (C=O) groups is 1. The second-order valence-electron chi connectivity index (χ2n) is 9.12. The van der Waals surface area contributed by atoms with Crippen LogP contribution in [0.2, 0.25) is 0 Å². The number of benzene rings is 1. The average Bonchev–Trinajstić information content (AvgIpc) is 2.85. The summed E-state index contributed by atoms with van der Waals surface area (Å²) in [5.41, 5.74) is 0.908. The third kappa shape index (κ3) is 15.9. The van der Waals surface area contributed by atoms with E-state index in [1.165, 1.54) is 94.4 Å². The zero-order valence-electron chi connectivity index (χ0n) is 21.6. The molecular weight excluding hydrogens is 426 g/mol. The van der Waals surface area contributed by atoms with Crippen molar-refractivity contribution >= 4 is 12.0 Å². The number of nitrogens with zero attached hydrogens (tertiary/aromatic N) is 1. The van der Waals surface area contributed by atoms with Gasteiger partial charge in [0.25, 0.3) is 0 Å². The van der Waals surface area contributed by atoms with Gasteiger partial charge in [-0.2, -0.15) is 0 Å². The summed E-state index contributed by atoms with van der Waals surface area (Å²) >= 11 is 0. The summed E-state index contributed by atoms with van der Waals surface area (Å²) in [6.07, 6.45) is 22.1. The number of unbranched alkanes of at least 4 members (excludes halogenated alkanes) is 13. The molecule has 0 aliphatic carbocycles. The van der Waals surface area contributed by atoms with Gasteiger partial charge in [0.2, 0.25) is 5.91 Å². The van der Waals surface area contributed by atoms with Crippen LogP contribution >= 0.6 is 0 Å². The fraction of sp³-hybridized carbons (Fsp3) is 0.690. The van der Waals surface area contributed by atoms with E-state index in [1.54, 1.807) is 6.08 Å². The molecule has 0 aromatic heterocycles. The van der Waals surface area contributed by atoms with Gasteiger partial charge in [-0.05, 0) is 30.2 Å². The van der Waals surface area contributed by atoms with Gasteiger partial charge in [-0.3, -0.25) is 4.79 Å². The van der Waals surface area contributed by atoms with Crippen LogP contribution in [-0.4, -0.2) is 53.9 Å². The molecule has 0 unspecified atom stereocenters. The number of ether oxygens (including phenoxy) is 1. The van der Waals surface area contributed by atoms with E-state index in [9.17, 15) is 4.79 Å². The molecule has 0 saturated heterocycles. The molecular formula is C29H49NO4. The Morgan fingerprint density at radius 2 is 1.24 bits per heavy atom. The van der Waals surface area contributed by atoms with E-state index in [2.05, 4.69) is 6.92 Å². The lowest BCUT2D eigenvalue weighted by molar-refractivity contribution is -0.126. The fourth-order valence-electron chi connectivity index (χ4n) is 4.01. The molecule has 1 rings (SSSR count). The van der Waals surface area contributed by atoms with E-state index in [-0.39, 0.29) is 32.2 Å². The van der Waals surface area contributed by atoms with E-state index >= 15 is 0 Å². The molecule has 194 valence electrons. The Morgan fingerprint density at radius 3 is 1.71 bits per heavy atom. The summed E-state index contributed by atoms with van der Waals surface area (Å²) in [6.45, 7) is 3.21. The van der Waals surface area contributed by atoms with Gasteiger partial charge in [0.05, 0.1) is 19.8 Å². The maximum Gasteiger partial charge on any atom is 0.246 e. The Bertz CT molecular complexity index is 624. The molecule has 0 aliphatic heterocycles. The second kappa shape index (κ2) is 21.7. The predicted molar refractivity (Wildman–Crippen MR) is 142 cm³/mol. The summed E-state index contributed by atoms with van der Waals surface area (Å²) in [5.74, 6) is 0.626. The van der Waals surface area contributed by atoms with Crippen LogP contribution in [0.15, 0.2) is 30.3 Å². The Kier molecular flexibility index (Phi) is 19.2. The number of aliphatic hydroxyl groups is 2. The van der Waals surface area contributed by atoms with E-state index in [0.717, 1.165) is 24.3 Å². The molecule has 0 spiro atoms. The molecule has 1 amide bonds. The summed E-state index contributed by atoms with van der Waals surface area (Å²) in [4.78, 5) is 13.5. The smallest absolute Gasteiger partial charge is 0.246 e. The van der Waals surface area contributed by atoms with Gasteiger partial charge in [0, 0.05) is 19.2 Å². The highest BCUT2D eigenvalue weighted by Gasteiger charge is 2.08. The van der Waals surface area contributed by atoms with Crippen molar-refractivity contribution in [2.45, 2.75) is 96.8 Å². The van der Waals surface area contributed by atoms with Crippen molar-refractivity contribution in [1.82, 2.24) is 4.90 Å². The van der Waals surface area contributed by atoms with Crippen molar-refractivity contribution in [3.8, 4) is 5.75 Å². The lowest BCUT2D eigenvalue weighted by Crippen LogP contribution is -2.34. The van der Waals surface area contributed by atoms with Crippen molar-refractivity contribution in [2.24, 2.45) is 0 Å². The Hall–Kier alpha value is -1.85. The first-order valence-corrected chi connectivity index (χ1v) is 13.6. The molecule has 0 radical (unpaired) electrons. The lowest BCUT2D eigenvalue weighted by atomic mass is 10.0. The lowest BCUT2D eigenvalue weighted by Gasteiger charge is -2.18. The highest BCUT2D eigenvalue weighted by Crippen LogP contribution is 2.15. The molecule has 0 aliphatic rings. The van der Waals surface area contributed by atoms with Crippen LogP contribution in [0.4, 0.5) is 0 Å². The maximum atomic E-state index is 12.1. The zero-order valence-corrected chi connectivity index (χ0v) is 21.6. The quantitative estimate of drug-likeness (QED) is 0.151. The monoisotopic (exact) mass is 475 g/mol. The van der Waals surface area contributed by atoms with Crippen LogP contribution in [0, 0.1) is 0 Å². The van der Waals surface area contributed by atoms with E-state index < -0.39 is 0 Å². The Balaban J connectivity index is 2.05. The molecule has 0 heterocycles.